The highest BCUT2D eigenvalue weighted by atomic mass is 19.4. The number of alkyl halides is 3. The van der Waals surface area contributed by atoms with Crippen molar-refractivity contribution in [1.82, 2.24) is 29.1 Å². The number of imide groups is 1. The van der Waals surface area contributed by atoms with E-state index in [4.69, 9.17) is 5.73 Å². The summed E-state index contributed by atoms with van der Waals surface area (Å²) in [5.41, 5.74) is 6.41. The van der Waals surface area contributed by atoms with Gasteiger partial charge in [0.2, 0.25) is 11.8 Å². The molecule has 0 spiro atoms. The van der Waals surface area contributed by atoms with Crippen LogP contribution >= 0.6 is 0 Å². The van der Waals surface area contributed by atoms with Gasteiger partial charge < -0.3 is 15.5 Å². The molecule has 3 N–H and O–H groups in total. The smallest absolute Gasteiger partial charge is 0.396 e. The standard InChI is InChI=1S/C30H39F3N8O3/c1-37(16-18-6-8-20(9-7-18)40-17-21(34)27(36-40)30(31,32)33)19-12-14-39(15-13-19)22-4-3-5-23-26(22)38(2)29(44)41(23)24-10-11-25(42)35-28(24)43/h3-5,17-20,24H,6-16,34H2,1-2H3,(H,35,42,43). The third-order valence-electron chi connectivity index (χ3n) is 9.80. The van der Waals surface area contributed by atoms with Crippen LogP contribution in [-0.2, 0) is 22.8 Å². The van der Waals surface area contributed by atoms with E-state index in [1.54, 1.807) is 11.6 Å². The largest absolute Gasteiger partial charge is 0.437 e. The lowest BCUT2D eigenvalue weighted by molar-refractivity contribution is -0.141. The van der Waals surface area contributed by atoms with Crippen LogP contribution in [0.5, 0.6) is 0 Å². The molecule has 1 aromatic carbocycles. The molecule has 1 saturated carbocycles. The van der Waals surface area contributed by atoms with Crippen LogP contribution in [0.2, 0.25) is 0 Å². The van der Waals surface area contributed by atoms with Crippen molar-refractivity contribution in [3.63, 3.8) is 0 Å². The van der Waals surface area contributed by atoms with Crippen molar-refractivity contribution in [3.05, 3.63) is 40.6 Å². The number of amides is 2. The molecular formula is C30H39F3N8O3. The molecule has 3 fully saturated rings. The molecular weight excluding hydrogens is 577 g/mol. The van der Waals surface area contributed by atoms with E-state index in [-0.39, 0.29) is 29.7 Å². The van der Waals surface area contributed by atoms with Gasteiger partial charge in [-0.3, -0.25) is 28.7 Å². The number of halogens is 3. The van der Waals surface area contributed by atoms with Crippen LogP contribution in [0.1, 0.15) is 69.1 Å². The summed E-state index contributed by atoms with van der Waals surface area (Å²) in [5.74, 6) is -0.289. The number of carbonyl (C=O) groups is 2. The van der Waals surface area contributed by atoms with Crippen molar-refractivity contribution < 1.29 is 22.8 Å². The average molecular weight is 617 g/mol. The first kappa shape index (κ1) is 30.2. The van der Waals surface area contributed by atoms with E-state index in [0.29, 0.717) is 23.9 Å². The number of rotatable bonds is 6. The van der Waals surface area contributed by atoms with Gasteiger partial charge in [-0.25, -0.2) is 4.79 Å². The highest BCUT2D eigenvalue weighted by Crippen LogP contribution is 2.37. The topological polar surface area (TPSA) is 123 Å². The number of imidazole rings is 1. The summed E-state index contributed by atoms with van der Waals surface area (Å²) in [6, 6.07) is 5.40. The number of nitrogens with two attached hydrogens (primary N) is 1. The zero-order valence-corrected chi connectivity index (χ0v) is 25.0. The molecule has 11 nitrogen and oxygen atoms in total. The number of piperidine rings is 2. The van der Waals surface area contributed by atoms with Crippen LogP contribution in [-0.4, -0.2) is 68.4 Å². The Morgan fingerprint density at radius 2 is 1.75 bits per heavy atom. The summed E-state index contributed by atoms with van der Waals surface area (Å²) in [6.45, 7) is 2.58. The molecule has 3 aromatic rings. The number of carbonyl (C=O) groups excluding carboxylic acids is 2. The minimum atomic E-state index is -4.55. The molecule has 44 heavy (non-hydrogen) atoms. The minimum Gasteiger partial charge on any atom is -0.396 e. The second kappa shape index (κ2) is 11.6. The summed E-state index contributed by atoms with van der Waals surface area (Å²) in [5, 5.41) is 6.12. The van der Waals surface area contributed by atoms with Crippen molar-refractivity contribution >= 4 is 34.2 Å². The summed E-state index contributed by atoms with van der Waals surface area (Å²) in [6.07, 6.45) is 2.57. The maximum absolute atomic E-state index is 13.3. The lowest BCUT2D eigenvalue weighted by atomic mass is 9.85. The van der Waals surface area contributed by atoms with Gasteiger partial charge in [0.05, 0.1) is 28.5 Å². The second-order valence-electron chi connectivity index (χ2n) is 12.6. The first-order chi connectivity index (χ1) is 20.9. The quantitative estimate of drug-likeness (QED) is 0.407. The molecule has 238 valence electrons. The molecule has 2 saturated heterocycles. The van der Waals surface area contributed by atoms with Gasteiger partial charge >= 0.3 is 11.9 Å². The molecule has 6 rings (SSSR count). The highest BCUT2D eigenvalue weighted by Gasteiger charge is 2.38. The third-order valence-corrected chi connectivity index (χ3v) is 9.80. The first-order valence-corrected chi connectivity index (χ1v) is 15.3. The SMILES string of the molecule is CN(CC1CCC(n2cc(N)c(C(F)(F)F)n2)CC1)C1CCN(c2cccc3c2n(C)c(=O)n3C2CCC(=O)NC2=O)CC1. The van der Waals surface area contributed by atoms with E-state index < -0.39 is 23.8 Å². The molecule has 1 unspecified atom stereocenters. The van der Waals surface area contributed by atoms with Crippen LogP contribution in [0, 0.1) is 5.92 Å². The zero-order chi connectivity index (χ0) is 31.3. The lowest BCUT2D eigenvalue weighted by Gasteiger charge is -2.40. The Balaban J connectivity index is 1.07. The third kappa shape index (κ3) is 5.59. The van der Waals surface area contributed by atoms with Gasteiger partial charge in [0.1, 0.15) is 6.04 Å². The van der Waals surface area contributed by atoms with Crippen LogP contribution in [0.4, 0.5) is 24.5 Å². The molecule has 1 atom stereocenters. The van der Waals surface area contributed by atoms with Crippen molar-refractivity contribution in [2.24, 2.45) is 13.0 Å². The van der Waals surface area contributed by atoms with E-state index in [9.17, 15) is 27.6 Å². The summed E-state index contributed by atoms with van der Waals surface area (Å²) in [7, 11) is 3.88. The number of nitrogen functional groups attached to an aromatic ring is 1. The van der Waals surface area contributed by atoms with Gasteiger partial charge in [-0.15, -0.1) is 0 Å². The van der Waals surface area contributed by atoms with E-state index in [0.717, 1.165) is 69.4 Å². The molecule has 14 heteroatoms. The fraction of sp³-hybridized carbons (Fsp3) is 0.600. The Kier molecular flexibility index (Phi) is 7.97. The molecule has 2 aromatic heterocycles. The van der Waals surface area contributed by atoms with Crippen LogP contribution < -0.4 is 21.6 Å². The van der Waals surface area contributed by atoms with Crippen molar-refractivity contribution in [3.8, 4) is 0 Å². The maximum atomic E-state index is 13.3. The molecule has 2 amide bonds. The predicted molar refractivity (Wildman–Crippen MR) is 159 cm³/mol. The fourth-order valence-corrected chi connectivity index (χ4v) is 7.41. The van der Waals surface area contributed by atoms with Gasteiger partial charge in [0.25, 0.3) is 0 Å². The van der Waals surface area contributed by atoms with Crippen LogP contribution in [0.25, 0.3) is 11.0 Å². The van der Waals surface area contributed by atoms with Crippen molar-refractivity contribution in [1.29, 1.82) is 0 Å². The minimum absolute atomic E-state index is 0.0679. The number of anilines is 2. The number of benzene rings is 1. The van der Waals surface area contributed by atoms with Crippen molar-refractivity contribution in [2.45, 2.75) is 75.7 Å². The van der Waals surface area contributed by atoms with E-state index >= 15 is 0 Å². The average Bonchev–Trinajstić information content (AvgIpc) is 3.51. The normalized spacial score (nSPS) is 24.0. The fourth-order valence-electron chi connectivity index (χ4n) is 7.41. The number of hydrogen-bond donors (Lipinski definition) is 2. The number of hydrogen-bond acceptors (Lipinski definition) is 7. The molecule has 3 aliphatic rings. The van der Waals surface area contributed by atoms with E-state index in [2.05, 4.69) is 27.3 Å². The Morgan fingerprint density at radius 3 is 2.39 bits per heavy atom. The lowest BCUT2D eigenvalue weighted by Crippen LogP contribution is -2.45. The van der Waals surface area contributed by atoms with Gasteiger partial charge in [-0.05, 0) is 70.0 Å². The molecule has 0 radical (unpaired) electrons. The number of nitrogens with zero attached hydrogens (tertiary/aromatic N) is 6. The van der Waals surface area contributed by atoms with Crippen molar-refractivity contribution in [2.75, 3.05) is 37.3 Å². The Hall–Kier alpha value is -3.81. The number of aryl methyl sites for hydroxylation is 1. The monoisotopic (exact) mass is 616 g/mol. The van der Waals surface area contributed by atoms with Gasteiger partial charge in [-0.2, -0.15) is 18.3 Å². The Labute approximate surface area is 252 Å². The number of para-hydroxylation sites is 1. The van der Waals surface area contributed by atoms with Gasteiger partial charge in [0, 0.05) is 45.3 Å². The number of fused-ring (bicyclic) bond motifs is 1. The van der Waals surface area contributed by atoms with Crippen LogP contribution in [0.15, 0.2) is 29.2 Å². The maximum Gasteiger partial charge on any atom is 0.437 e. The summed E-state index contributed by atoms with van der Waals surface area (Å²) >= 11 is 0. The van der Waals surface area contributed by atoms with Crippen LogP contribution in [0.3, 0.4) is 0 Å². The van der Waals surface area contributed by atoms with E-state index in [1.165, 1.54) is 15.4 Å². The molecule has 1 aliphatic carbocycles. The zero-order valence-electron chi connectivity index (χ0n) is 25.0. The Morgan fingerprint density at radius 1 is 1.05 bits per heavy atom. The second-order valence-corrected chi connectivity index (χ2v) is 12.6. The summed E-state index contributed by atoms with van der Waals surface area (Å²) < 4.78 is 43.9. The first-order valence-electron chi connectivity index (χ1n) is 15.3. The van der Waals surface area contributed by atoms with Gasteiger partial charge in [-0.1, -0.05) is 6.07 Å². The number of aromatic nitrogens is 4. The highest BCUT2D eigenvalue weighted by molar-refractivity contribution is 6.00. The molecule has 2 aliphatic heterocycles. The molecule has 0 bridgehead atoms. The predicted octanol–water partition coefficient (Wildman–Crippen LogP) is 3.45. The van der Waals surface area contributed by atoms with E-state index in [1.807, 2.05) is 18.2 Å². The molecule has 4 heterocycles. The summed E-state index contributed by atoms with van der Waals surface area (Å²) in [4.78, 5) is 42.3. The number of nitrogens with one attached hydrogen (secondary N) is 1. The Bertz CT molecular complexity index is 1610. The van der Waals surface area contributed by atoms with Gasteiger partial charge in [0.15, 0.2) is 5.69 Å².